The summed E-state index contributed by atoms with van der Waals surface area (Å²) in [5.41, 5.74) is 5.85. The van der Waals surface area contributed by atoms with Crippen LogP contribution in [0.4, 0.5) is 0 Å². The van der Waals surface area contributed by atoms with Crippen molar-refractivity contribution in [1.29, 1.82) is 0 Å². The van der Waals surface area contributed by atoms with Gasteiger partial charge in [-0.25, -0.2) is 0 Å². The fourth-order valence-corrected chi connectivity index (χ4v) is 1.81. The maximum atomic E-state index is 5.85. The molecule has 1 heterocycles. The van der Waals surface area contributed by atoms with Crippen LogP contribution in [0, 0.1) is 0 Å². The first-order valence-corrected chi connectivity index (χ1v) is 5.84. The van der Waals surface area contributed by atoms with Gasteiger partial charge in [0.2, 0.25) is 0 Å². The molecule has 15 heavy (non-hydrogen) atoms. The van der Waals surface area contributed by atoms with E-state index in [1.807, 2.05) is 13.8 Å². The molecule has 0 radical (unpaired) electrons. The topological polar surface area (TPSA) is 47.7 Å². The van der Waals surface area contributed by atoms with E-state index in [1.165, 1.54) is 0 Å². The van der Waals surface area contributed by atoms with Gasteiger partial charge in [0.25, 0.3) is 0 Å². The fourth-order valence-electron chi connectivity index (χ4n) is 1.81. The molecule has 1 saturated heterocycles. The fraction of sp³-hybridized carbons (Fsp3) is 1.00. The van der Waals surface area contributed by atoms with Gasteiger partial charge < -0.3 is 15.2 Å². The first-order chi connectivity index (χ1) is 7.15. The van der Waals surface area contributed by atoms with Crippen LogP contribution >= 0.6 is 0 Å². The maximum Gasteiger partial charge on any atom is 0.0850 e. The van der Waals surface area contributed by atoms with Crippen LogP contribution in [0.2, 0.25) is 0 Å². The van der Waals surface area contributed by atoms with E-state index in [9.17, 15) is 0 Å². The Balaban J connectivity index is 2.34. The van der Waals surface area contributed by atoms with Gasteiger partial charge in [0.1, 0.15) is 0 Å². The Morgan fingerprint density at radius 3 is 2.87 bits per heavy atom. The molecule has 1 rings (SSSR count). The molecule has 0 aliphatic carbocycles. The van der Waals surface area contributed by atoms with E-state index >= 15 is 0 Å². The predicted octanol–water partition coefficient (Wildman–Crippen LogP) is 0.459. The van der Waals surface area contributed by atoms with Crippen LogP contribution in [0.3, 0.4) is 0 Å². The number of rotatable bonds is 5. The molecular formula is C11H24N2O2. The summed E-state index contributed by atoms with van der Waals surface area (Å²) >= 11 is 0. The van der Waals surface area contributed by atoms with Gasteiger partial charge in [-0.05, 0) is 20.8 Å². The zero-order valence-corrected chi connectivity index (χ0v) is 10.1. The van der Waals surface area contributed by atoms with Crippen molar-refractivity contribution in [3.05, 3.63) is 0 Å². The lowest BCUT2D eigenvalue weighted by atomic mass is 10.1. The Morgan fingerprint density at radius 2 is 2.27 bits per heavy atom. The number of ether oxygens (including phenoxy) is 2. The zero-order valence-electron chi connectivity index (χ0n) is 10.1. The Hall–Kier alpha value is -0.160. The molecule has 3 unspecified atom stereocenters. The largest absolute Gasteiger partial charge is 0.380 e. The number of nitrogens with zero attached hydrogens (tertiary/aromatic N) is 1. The van der Waals surface area contributed by atoms with Gasteiger partial charge in [0.15, 0.2) is 0 Å². The SMILES string of the molecule is CCOCC(C)N1CCOC(C(C)N)C1. The van der Waals surface area contributed by atoms with Crippen molar-refractivity contribution in [2.45, 2.75) is 39.0 Å². The molecule has 2 N–H and O–H groups in total. The van der Waals surface area contributed by atoms with E-state index < -0.39 is 0 Å². The standard InChI is InChI=1S/C11H24N2O2/c1-4-14-8-9(2)13-5-6-15-11(7-13)10(3)12/h9-11H,4-8,12H2,1-3H3. The molecule has 0 spiro atoms. The van der Waals surface area contributed by atoms with Crippen LogP contribution in [0.15, 0.2) is 0 Å². The summed E-state index contributed by atoms with van der Waals surface area (Å²) in [5, 5.41) is 0. The van der Waals surface area contributed by atoms with E-state index in [-0.39, 0.29) is 12.1 Å². The quantitative estimate of drug-likeness (QED) is 0.725. The highest BCUT2D eigenvalue weighted by atomic mass is 16.5. The molecule has 0 aromatic rings. The van der Waals surface area contributed by atoms with Gasteiger partial charge in [-0.3, -0.25) is 4.90 Å². The minimum absolute atomic E-state index is 0.104. The highest BCUT2D eigenvalue weighted by Crippen LogP contribution is 2.11. The summed E-state index contributed by atoms with van der Waals surface area (Å²) in [4.78, 5) is 2.40. The van der Waals surface area contributed by atoms with Crippen LogP contribution in [0.5, 0.6) is 0 Å². The molecule has 0 saturated carbocycles. The van der Waals surface area contributed by atoms with Crippen molar-refractivity contribution in [2.75, 3.05) is 32.9 Å². The van der Waals surface area contributed by atoms with Crippen LogP contribution in [-0.2, 0) is 9.47 Å². The summed E-state index contributed by atoms with van der Waals surface area (Å²) in [7, 11) is 0. The first-order valence-electron chi connectivity index (χ1n) is 5.84. The second-order valence-corrected chi connectivity index (χ2v) is 4.27. The summed E-state index contributed by atoms with van der Waals surface area (Å²) in [6.07, 6.45) is 0.169. The molecule has 0 aromatic heterocycles. The molecular weight excluding hydrogens is 192 g/mol. The lowest BCUT2D eigenvalue weighted by molar-refractivity contribution is -0.0600. The maximum absolute atomic E-state index is 5.85. The number of nitrogens with two attached hydrogens (primary N) is 1. The van der Waals surface area contributed by atoms with Crippen molar-refractivity contribution in [3.63, 3.8) is 0 Å². The van der Waals surface area contributed by atoms with E-state index in [2.05, 4.69) is 11.8 Å². The summed E-state index contributed by atoms with van der Waals surface area (Å²) in [5.74, 6) is 0. The number of hydrogen-bond donors (Lipinski definition) is 1. The van der Waals surface area contributed by atoms with Gasteiger partial charge in [0, 0.05) is 31.8 Å². The van der Waals surface area contributed by atoms with E-state index in [0.717, 1.165) is 32.9 Å². The van der Waals surface area contributed by atoms with Gasteiger partial charge in [-0.15, -0.1) is 0 Å². The summed E-state index contributed by atoms with van der Waals surface area (Å²) < 4.78 is 11.0. The molecule has 3 atom stereocenters. The van der Waals surface area contributed by atoms with Crippen molar-refractivity contribution >= 4 is 0 Å². The second kappa shape index (κ2) is 6.43. The van der Waals surface area contributed by atoms with Crippen LogP contribution in [0.25, 0.3) is 0 Å². The van der Waals surface area contributed by atoms with Gasteiger partial charge in [0.05, 0.1) is 19.3 Å². The first kappa shape index (κ1) is 12.9. The molecule has 4 heteroatoms. The molecule has 1 aliphatic rings. The van der Waals surface area contributed by atoms with Crippen LogP contribution in [-0.4, -0.2) is 56.0 Å². The van der Waals surface area contributed by atoms with Crippen molar-refractivity contribution < 1.29 is 9.47 Å². The summed E-state index contributed by atoms with van der Waals surface area (Å²) in [6, 6.07) is 0.558. The molecule has 0 amide bonds. The van der Waals surface area contributed by atoms with E-state index in [0.29, 0.717) is 6.04 Å². The number of morpholine rings is 1. The molecule has 90 valence electrons. The second-order valence-electron chi connectivity index (χ2n) is 4.27. The third-order valence-electron chi connectivity index (χ3n) is 2.90. The molecule has 1 fully saturated rings. The highest BCUT2D eigenvalue weighted by Gasteiger charge is 2.26. The zero-order chi connectivity index (χ0) is 11.3. The molecule has 0 bridgehead atoms. The Morgan fingerprint density at radius 1 is 1.53 bits per heavy atom. The van der Waals surface area contributed by atoms with E-state index in [4.69, 9.17) is 15.2 Å². The van der Waals surface area contributed by atoms with Crippen molar-refractivity contribution in [1.82, 2.24) is 4.90 Å². The minimum Gasteiger partial charge on any atom is -0.380 e. The number of hydrogen-bond acceptors (Lipinski definition) is 4. The van der Waals surface area contributed by atoms with Crippen LogP contribution in [0.1, 0.15) is 20.8 Å². The highest BCUT2D eigenvalue weighted by molar-refractivity contribution is 4.80. The third-order valence-corrected chi connectivity index (χ3v) is 2.90. The van der Waals surface area contributed by atoms with E-state index in [1.54, 1.807) is 0 Å². The van der Waals surface area contributed by atoms with Crippen molar-refractivity contribution in [3.8, 4) is 0 Å². The minimum atomic E-state index is 0.104. The third kappa shape index (κ3) is 4.07. The van der Waals surface area contributed by atoms with Gasteiger partial charge >= 0.3 is 0 Å². The van der Waals surface area contributed by atoms with Crippen molar-refractivity contribution in [2.24, 2.45) is 5.73 Å². The Bertz CT molecular complexity index is 176. The Labute approximate surface area is 92.7 Å². The lowest BCUT2D eigenvalue weighted by Gasteiger charge is -2.38. The summed E-state index contributed by atoms with van der Waals surface area (Å²) in [6.45, 7) is 10.5. The smallest absolute Gasteiger partial charge is 0.0850 e. The van der Waals surface area contributed by atoms with Gasteiger partial charge in [-0.1, -0.05) is 0 Å². The average Bonchev–Trinajstić information content (AvgIpc) is 2.26. The normalized spacial score (nSPS) is 27.6. The predicted molar refractivity (Wildman–Crippen MR) is 60.9 cm³/mol. The molecule has 4 nitrogen and oxygen atoms in total. The average molecular weight is 216 g/mol. The molecule has 0 aromatic carbocycles. The van der Waals surface area contributed by atoms with Crippen LogP contribution < -0.4 is 5.73 Å². The monoisotopic (exact) mass is 216 g/mol. The van der Waals surface area contributed by atoms with Gasteiger partial charge in [-0.2, -0.15) is 0 Å². The molecule has 1 aliphatic heterocycles. The lowest BCUT2D eigenvalue weighted by Crippen LogP contribution is -2.53. The Kier molecular flexibility index (Phi) is 5.53.